The zero-order valence-electron chi connectivity index (χ0n) is 14.9. The molecule has 0 radical (unpaired) electrons. The first-order valence-corrected chi connectivity index (χ1v) is 8.29. The Balaban J connectivity index is 1.99. The minimum atomic E-state index is -0.555. The van der Waals surface area contributed by atoms with Gasteiger partial charge in [0.1, 0.15) is 0 Å². The number of likely N-dealkylation sites (tertiary alicyclic amines) is 1. The van der Waals surface area contributed by atoms with Crippen LogP contribution in [0.2, 0.25) is 0 Å². The van der Waals surface area contributed by atoms with Crippen LogP contribution in [0.25, 0.3) is 0 Å². The van der Waals surface area contributed by atoms with Crippen LogP contribution >= 0.6 is 0 Å². The number of ether oxygens (including phenoxy) is 1. The number of methoxy groups -OCH3 is 1. The third kappa shape index (κ3) is 2.90. The van der Waals surface area contributed by atoms with Gasteiger partial charge in [0, 0.05) is 37.2 Å². The average molecular weight is 342 g/mol. The van der Waals surface area contributed by atoms with E-state index in [2.05, 4.69) is 10.1 Å². The first-order valence-electron chi connectivity index (χ1n) is 8.29. The Hall–Kier alpha value is -2.70. The molecule has 0 aromatic carbocycles. The van der Waals surface area contributed by atoms with Crippen LogP contribution in [-0.4, -0.2) is 45.2 Å². The Labute approximate surface area is 146 Å². The molecule has 1 fully saturated rings. The van der Waals surface area contributed by atoms with Crippen molar-refractivity contribution in [2.45, 2.75) is 32.7 Å². The second kappa shape index (κ2) is 6.66. The SMILES string of the molecule is COC(=O)c1cnccc1C(=O)N1CCC[C@H]1c1c(C)nn(C)c1C. The first kappa shape index (κ1) is 17.1. The standard InChI is InChI=1S/C18H22N4O3/c1-11-16(12(2)21(3)20-11)15-6-5-9-22(15)17(23)13-7-8-19-10-14(13)18(24)25-4/h7-8,10,15H,5-6,9H2,1-4H3/t15-/m0/s1. The molecule has 0 spiro atoms. The summed E-state index contributed by atoms with van der Waals surface area (Å²) < 4.78 is 6.62. The number of pyridine rings is 1. The van der Waals surface area contributed by atoms with Gasteiger partial charge in [-0.2, -0.15) is 5.10 Å². The predicted molar refractivity (Wildman–Crippen MR) is 91.3 cm³/mol. The Morgan fingerprint density at radius 1 is 1.28 bits per heavy atom. The number of aryl methyl sites for hydroxylation is 2. The largest absolute Gasteiger partial charge is 0.465 e. The number of rotatable bonds is 3. The summed E-state index contributed by atoms with van der Waals surface area (Å²) in [6.45, 7) is 4.64. The number of carbonyl (C=O) groups is 2. The lowest BCUT2D eigenvalue weighted by Gasteiger charge is -2.26. The van der Waals surface area contributed by atoms with Gasteiger partial charge in [-0.3, -0.25) is 14.5 Å². The van der Waals surface area contributed by atoms with Crippen molar-refractivity contribution in [2.24, 2.45) is 7.05 Å². The van der Waals surface area contributed by atoms with Crippen LogP contribution in [0.15, 0.2) is 18.5 Å². The lowest BCUT2D eigenvalue weighted by atomic mass is 10.0. The molecule has 7 nitrogen and oxygen atoms in total. The number of hydrogen-bond acceptors (Lipinski definition) is 5. The van der Waals surface area contributed by atoms with Gasteiger partial charge in [-0.05, 0) is 32.8 Å². The molecule has 7 heteroatoms. The minimum absolute atomic E-state index is 0.0279. The molecular formula is C18H22N4O3. The number of esters is 1. The van der Waals surface area contributed by atoms with Crippen LogP contribution in [-0.2, 0) is 11.8 Å². The van der Waals surface area contributed by atoms with Crippen LogP contribution < -0.4 is 0 Å². The van der Waals surface area contributed by atoms with Crippen LogP contribution in [0.4, 0.5) is 0 Å². The van der Waals surface area contributed by atoms with Gasteiger partial charge in [0.05, 0.1) is 30.0 Å². The molecule has 25 heavy (non-hydrogen) atoms. The molecule has 1 amide bonds. The van der Waals surface area contributed by atoms with E-state index in [0.29, 0.717) is 12.1 Å². The van der Waals surface area contributed by atoms with E-state index in [9.17, 15) is 9.59 Å². The van der Waals surface area contributed by atoms with E-state index in [1.807, 2.05) is 30.5 Å². The third-order valence-corrected chi connectivity index (χ3v) is 4.87. The van der Waals surface area contributed by atoms with Crippen molar-refractivity contribution in [1.82, 2.24) is 19.7 Å². The maximum atomic E-state index is 13.2. The Bertz CT molecular complexity index is 828. The van der Waals surface area contributed by atoms with Crippen molar-refractivity contribution < 1.29 is 14.3 Å². The normalized spacial score (nSPS) is 17.0. The van der Waals surface area contributed by atoms with Crippen molar-refractivity contribution >= 4 is 11.9 Å². The summed E-state index contributed by atoms with van der Waals surface area (Å²) in [6, 6.07) is 1.55. The summed E-state index contributed by atoms with van der Waals surface area (Å²) in [5.74, 6) is -0.728. The number of aromatic nitrogens is 3. The number of nitrogens with zero attached hydrogens (tertiary/aromatic N) is 4. The summed E-state index contributed by atoms with van der Waals surface area (Å²) >= 11 is 0. The lowest BCUT2D eigenvalue weighted by molar-refractivity contribution is 0.0587. The van der Waals surface area contributed by atoms with Crippen molar-refractivity contribution in [3.05, 3.63) is 46.5 Å². The number of hydrogen-bond donors (Lipinski definition) is 0. The summed E-state index contributed by atoms with van der Waals surface area (Å²) in [5.41, 5.74) is 3.62. The molecule has 3 heterocycles. The smallest absolute Gasteiger partial charge is 0.340 e. The molecule has 2 aromatic heterocycles. The molecular weight excluding hydrogens is 320 g/mol. The molecule has 0 unspecified atom stereocenters. The highest BCUT2D eigenvalue weighted by Gasteiger charge is 2.35. The van der Waals surface area contributed by atoms with Crippen molar-refractivity contribution in [1.29, 1.82) is 0 Å². The summed E-state index contributed by atoms with van der Waals surface area (Å²) in [6.07, 6.45) is 4.70. The molecule has 0 N–H and O–H groups in total. The number of amides is 1. The fraction of sp³-hybridized carbons (Fsp3) is 0.444. The third-order valence-electron chi connectivity index (χ3n) is 4.87. The van der Waals surface area contributed by atoms with E-state index in [-0.39, 0.29) is 17.5 Å². The minimum Gasteiger partial charge on any atom is -0.465 e. The maximum absolute atomic E-state index is 13.2. The monoisotopic (exact) mass is 342 g/mol. The van der Waals surface area contributed by atoms with Gasteiger partial charge in [0.25, 0.3) is 5.91 Å². The highest BCUT2D eigenvalue weighted by Crippen LogP contribution is 2.36. The Morgan fingerprint density at radius 3 is 2.68 bits per heavy atom. The van der Waals surface area contributed by atoms with Crippen molar-refractivity contribution in [2.75, 3.05) is 13.7 Å². The van der Waals surface area contributed by atoms with Crippen LogP contribution in [0.1, 0.15) is 56.6 Å². The zero-order valence-corrected chi connectivity index (χ0v) is 14.9. The van der Waals surface area contributed by atoms with Crippen LogP contribution in [0.3, 0.4) is 0 Å². The van der Waals surface area contributed by atoms with Crippen molar-refractivity contribution in [3.8, 4) is 0 Å². The van der Waals surface area contributed by atoms with E-state index in [0.717, 1.165) is 29.8 Å². The van der Waals surface area contributed by atoms with Gasteiger partial charge in [0.2, 0.25) is 0 Å². The topological polar surface area (TPSA) is 77.3 Å². The van der Waals surface area contributed by atoms with Gasteiger partial charge in [0.15, 0.2) is 0 Å². The fourth-order valence-corrected chi connectivity index (χ4v) is 3.59. The number of carbonyl (C=O) groups excluding carboxylic acids is 2. The molecule has 3 rings (SSSR count). The Morgan fingerprint density at radius 2 is 2.04 bits per heavy atom. The molecule has 1 atom stereocenters. The highest BCUT2D eigenvalue weighted by molar-refractivity contribution is 6.05. The van der Waals surface area contributed by atoms with Gasteiger partial charge < -0.3 is 9.64 Å². The summed E-state index contributed by atoms with van der Waals surface area (Å²) in [7, 11) is 3.20. The molecule has 0 aliphatic carbocycles. The Kier molecular flexibility index (Phi) is 4.57. The van der Waals surface area contributed by atoms with Gasteiger partial charge >= 0.3 is 5.97 Å². The van der Waals surface area contributed by atoms with E-state index >= 15 is 0 Å². The molecule has 132 valence electrons. The van der Waals surface area contributed by atoms with Gasteiger partial charge in [-0.15, -0.1) is 0 Å². The highest BCUT2D eigenvalue weighted by atomic mass is 16.5. The zero-order chi connectivity index (χ0) is 18.1. The molecule has 2 aromatic rings. The predicted octanol–water partition coefficient (Wildman–Crippen LogP) is 2.20. The summed E-state index contributed by atoms with van der Waals surface area (Å²) in [4.78, 5) is 30.9. The molecule has 0 saturated carbocycles. The molecule has 1 aliphatic heterocycles. The lowest BCUT2D eigenvalue weighted by Crippen LogP contribution is -2.32. The van der Waals surface area contributed by atoms with Crippen molar-refractivity contribution in [3.63, 3.8) is 0 Å². The molecule has 1 saturated heterocycles. The van der Waals surface area contributed by atoms with Crippen LogP contribution in [0, 0.1) is 13.8 Å². The second-order valence-corrected chi connectivity index (χ2v) is 6.28. The van der Waals surface area contributed by atoms with Gasteiger partial charge in [-0.1, -0.05) is 0 Å². The average Bonchev–Trinajstić information content (AvgIpc) is 3.18. The van der Waals surface area contributed by atoms with E-state index in [4.69, 9.17) is 4.74 Å². The summed E-state index contributed by atoms with van der Waals surface area (Å²) in [5, 5.41) is 4.48. The fourth-order valence-electron chi connectivity index (χ4n) is 3.59. The van der Waals surface area contributed by atoms with Gasteiger partial charge in [-0.25, -0.2) is 4.79 Å². The van der Waals surface area contributed by atoms with E-state index < -0.39 is 5.97 Å². The van der Waals surface area contributed by atoms with E-state index in [1.54, 1.807) is 6.07 Å². The maximum Gasteiger partial charge on any atom is 0.340 e. The second-order valence-electron chi connectivity index (χ2n) is 6.28. The molecule has 1 aliphatic rings. The quantitative estimate of drug-likeness (QED) is 0.799. The van der Waals surface area contributed by atoms with E-state index in [1.165, 1.54) is 19.5 Å². The van der Waals surface area contributed by atoms with Crippen LogP contribution in [0.5, 0.6) is 0 Å². The molecule has 0 bridgehead atoms. The first-order chi connectivity index (χ1) is 12.0.